The Morgan fingerprint density at radius 3 is 3.03 bits per heavy atom. The molecule has 0 aliphatic carbocycles. The number of hydrogen-bond acceptors (Lipinski definition) is 7. The number of carbonyl (C=O) groups is 1. The number of amidine groups is 1. The summed E-state index contributed by atoms with van der Waals surface area (Å²) in [5.41, 5.74) is 6.36. The predicted octanol–water partition coefficient (Wildman–Crippen LogP) is 2.64. The van der Waals surface area contributed by atoms with Crippen molar-refractivity contribution in [1.82, 2.24) is 4.98 Å². The number of carbonyl (C=O) groups excluding carboxylic acids is 1. The van der Waals surface area contributed by atoms with Gasteiger partial charge < -0.3 is 15.8 Å². The molecule has 3 N–H and O–H groups in total. The Labute approximate surface area is 171 Å². The highest BCUT2D eigenvalue weighted by Crippen LogP contribution is 2.45. The van der Waals surface area contributed by atoms with Crippen LogP contribution in [0.4, 0.5) is 10.1 Å². The first-order valence-electron chi connectivity index (χ1n) is 9.05. The number of hydrogen-bond donors (Lipinski definition) is 2. The van der Waals surface area contributed by atoms with Crippen LogP contribution in [0.5, 0.6) is 0 Å². The molecule has 9 heteroatoms. The average Bonchev–Trinajstić information content (AvgIpc) is 2.74. The molecule has 4 rings (SSSR count). The van der Waals surface area contributed by atoms with E-state index in [9.17, 15) is 9.18 Å². The molecule has 148 valence electrons. The van der Waals surface area contributed by atoms with Gasteiger partial charge in [-0.15, -0.1) is 0 Å². The zero-order chi connectivity index (χ0) is 20.4. The van der Waals surface area contributed by atoms with Crippen LogP contribution < -0.4 is 11.1 Å². The zero-order valence-corrected chi connectivity index (χ0v) is 16.2. The number of rotatable bonds is 3. The van der Waals surface area contributed by atoms with E-state index >= 15 is 0 Å². The maximum atomic E-state index is 14.9. The monoisotopic (exact) mass is 411 g/mol. The van der Waals surface area contributed by atoms with Gasteiger partial charge in [0.05, 0.1) is 12.2 Å². The summed E-state index contributed by atoms with van der Waals surface area (Å²) < 4.78 is 20.5. The number of halogens is 1. The lowest BCUT2D eigenvalue weighted by molar-refractivity contribution is 0.00304. The number of benzene rings is 1. The van der Waals surface area contributed by atoms with Crippen LogP contribution in [0, 0.1) is 23.1 Å². The molecule has 1 amide bonds. The molecule has 1 aromatic carbocycles. The van der Waals surface area contributed by atoms with Crippen LogP contribution in [-0.2, 0) is 10.3 Å². The lowest BCUT2D eigenvalue weighted by Gasteiger charge is -2.43. The number of thioether (sulfide) groups is 1. The Kier molecular flexibility index (Phi) is 5.22. The Morgan fingerprint density at radius 1 is 1.41 bits per heavy atom. The van der Waals surface area contributed by atoms with Crippen LogP contribution in [0.2, 0.25) is 0 Å². The number of aliphatic imine (C=N–C) groups is 1. The molecule has 1 fully saturated rings. The first kappa shape index (κ1) is 19.4. The van der Waals surface area contributed by atoms with E-state index in [1.54, 1.807) is 6.07 Å². The number of fused-ring (bicyclic) bond motifs is 1. The molecule has 1 saturated heterocycles. The number of nitriles is 1. The number of anilines is 1. The summed E-state index contributed by atoms with van der Waals surface area (Å²) >= 11 is 1.47. The lowest BCUT2D eigenvalue weighted by atomic mass is 9.76. The van der Waals surface area contributed by atoms with Crippen molar-refractivity contribution in [2.24, 2.45) is 16.6 Å². The van der Waals surface area contributed by atoms with Crippen molar-refractivity contribution in [2.45, 2.75) is 12.0 Å². The fraction of sp³-hybridized carbons (Fsp3) is 0.300. The molecule has 7 nitrogen and oxygen atoms in total. The average molecular weight is 411 g/mol. The molecule has 2 aliphatic heterocycles. The molecule has 0 radical (unpaired) electrons. The van der Waals surface area contributed by atoms with Gasteiger partial charge in [-0.05, 0) is 36.8 Å². The second kappa shape index (κ2) is 7.81. The summed E-state index contributed by atoms with van der Waals surface area (Å²) in [5, 5.41) is 12.0. The van der Waals surface area contributed by atoms with Gasteiger partial charge in [-0.2, -0.15) is 5.26 Å². The molecule has 0 unspecified atom stereocenters. The topological polar surface area (TPSA) is 113 Å². The number of nitrogens with two attached hydrogens (primary N) is 1. The minimum atomic E-state index is -0.898. The van der Waals surface area contributed by atoms with Crippen LogP contribution in [-0.4, -0.2) is 35.0 Å². The van der Waals surface area contributed by atoms with E-state index in [-0.39, 0.29) is 18.2 Å². The zero-order valence-electron chi connectivity index (χ0n) is 15.4. The maximum absolute atomic E-state index is 14.9. The van der Waals surface area contributed by atoms with E-state index in [4.69, 9.17) is 15.7 Å². The highest BCUT2D eigenvalue weighted by molar-refractivity contribution is 8.13. The van der Waals surface area contributed by atoms with E-state index in [2.05, 4.69) is 15.3 Å². The second-order valence-corrected chi connectivity index (χ2v) is 7.96. The molecular weight excluding hydrogens is 393 g/mol. The van der Waals surface area contributed by atoms with Crippen molar-refractivity contribution < 1.29 is 13.9 Å². The summed E-state index contributed by atoms with van der Waals surface area (Å²) in [6.45, 7) is 0.842. The van der Waals surface area contributed by atoms with E-state index in [0.717, 1.165) is 12.2 Å². The summed E-state index contributed by atoms with van der Waals surface area (Å²) in [6, 6.07) is 9.31. The van der Waals surface area contributed by atoms with Gasteiger partial charge in [0.1, 0.15) is 23.1 Å². The van der Waals surface area contributed by atoms with E-state index in [0.29, 0.717) is 28.6 Å². The van der Waals surface area contributed by atoms with Gasteiger partial charge in [0.2, 0.25) is 0 Å². The minimum absolute atomic E-state index is 0.0918. The molecule has 3 heterocycles. The number of ether oxygens (including phenoxy) is 1. The molecule has 29 heavy (non-hydrogen) atoms. The Morgan fingerprint density at radius 2 is 2.28 bits per heavy atom. The predicted molar refractivity (Wildman–Crippen MR) is 108 cm³/mol. The number of nitrogens with one attached hydrogen (secondary N) is 1. The number of aromatic nitrogens is 1. The fourth-order valence-electron chi connectivity index (χ4n) is 3.65. The maximum Gasteiger partial charge on any atom is 0.274 e. The molecule has 0 spiro atoms. The summed E-state index contributed by atoms with van der Waals surface area (Å²) in [5.74, 6) is -0.0417. The van der Waals surface area contributed by atoms with Crippen molar-refractivity contribution in [2.75, 3.05) is 24.3 Å². The van der Waals surface area contributed by atoms with Gasteiger partial charge in [0.15, 0.2) is 5.17 Å². The molecule has 2 aliphatic rings. The SMILES string of the molecule is N#Cc1ccc(C(=O)Nc2ccc(F)c([C@]34COCC[C@H]3CSC(N)=N4)c2)nc1. The van der Waals surface area contributed by atoms with E-state index < -0.39 is 17.3 Å². The van der Waals surface area contributed by atoms with Gasteiger partial charge in [-0.1, -0.05) is 11.8 Å². The summed E-state index contributed by atoms with van der Waals surface area (Å²) in [7, 11) is 0. The van der Waals surface area contributed by atoms with Crippen molar-refractivity contribution in [3.05, 3.63) is 59.2 Å². The van der Waals surface area contributed by atoms with Crippen molar-refractivity contribution >= 4 is 28.5 Å². The molecular formula is C20H18FN5O2S. The quantitative estimate of drug-likeness (QED) is 0.803. The van der Waals surface area contributed by atoms with Crippen LogP contribution >= 0.6 is 11.8 Å². The molecule has 0 bridgehead atoms. The highest BCUT2D eigenvalue weighted by Gasteiger charge is 2.47. The van der Waals surface area contributed by atoms with Gasteiger partial charge in [-0.3, -0.25) is 4.79 Å². The fourth-order valence-corrected chi connectivity index (χ4v) is 4.69. The van der Waals surface area contributed by atoms with Crippen molar-refractivity contribution in [3.63, 3.8) is 0 Å². The third kappa shape index (κ3) is 3.69. The first-order chi connectivity index (χ1) is 14.0. The number of amides is 1. The van der Waals surface area contributed by atoms with Crippen LogP contribution in [0.3, 0.4) is 0 Å². The Hall–Kier alpha value is -2.96. The molecule has 0 saturated carbocycles. The van der Waals surface area contributed by atoms with Gasteiger partial charge in [0.25, 0.3) is 5.91 Å². The van der Waals surface area contributed by atoms with Crippen LogP contribution in [0.25, 0.3) is 0 Å². The first-order valence-corrected chi connectivity index (χ1v) is 10.0. The smallest absolute Gasteiger partial charge is 0.274 e. The van der Waals surface area contributed by atoms with Gasteiger partial charge in [-0.25, -0.2) is 14.4 Å². The van der Waals surface area contributed by atoms with E-state index in [1.165, 1.54) is 42.2 Å². The normalized spacial score (nSPS) is 23.4. The largest absolute Gasteiger partial charge is 0.379 e. The second-order valence-electron chi connectivity index (χ2n) is 6.92. The van der Waals surface area contributed by atoms with Crippen molar-refractivity contribution in [1.29, 1.82) is 5.26 Å². The molecule has 2 aromatic rings. The van der Waals surface area contributed by atoms with Gasteiger partial charge in [0, 0.05) is 35.7 Å². The third-order valence-corrected chi connectivity index (χ3v) is 6.12. The Balaban J connectivity index is 1.66. The third-order valence-electron chi connectivity index (χ3n) is 5.17. The number of pyridine rings is 1. The summed E-state index contributed by atoms with van der Waals surface area (Å²) in [6.07, 6.45) is 2.08. The molecule has 1 aromatic heterocycles. The number of nitrogens with zero attached hydrogens (tertiary/aromatic N) is 3. The van der Waals surface area contributed by atoms with E-state index in [1.807, 2.05) is 6.07 Å². The highest BCUT2D eigenvalue weighted by atomic mass is 32.2. The standard InChI is InChI=1S/C20H18FN5O2S/c21-16-3-2-14(25-18(27)17-4-1-12(8-22)9-24-17)7-15(16)20-11-28-6-5-13(20)10-29-19(23)26-20/h1-4,7,9,13H,5-6,10-11H2,(H2,23,26)(H,25,27)/t13-,20-/m0/s1. The summed E-state index contributed by atoms with van der Waals surface area (Å²) in [4.78, 5) is 21.1. The lowest BCUT2D eigenvalue weighted by Crippen LogP contribution is -2.48. The van der Waals surface area contributed by atoms with Gasteiger partial charge >= 0.3 is 0 Å². The van der Waals surface area contributed by atoms with Crippen LogP contribution in [0.1, 0.15) is 28.0 Å². The van der Waals surface area contributed by atoms with Crippen LogP contribution in [0.15, 0.2) is 41.5 Å². The Bertz CT molecular complexity index is 1020. The van der Waals surface area contributed by atoms with Crippen molar-refractivity contribution in [3.8, 4) is 6.07 Å². The minimum Gasteiger partial charge on any atom is -0.379 e. The molecule has 2 atom stereocenters.